The number of fused-ring (bicyclic) bond motifs is 2. The Morgan fingerprint density at radius 2 is 1.94 bits per heavy atom. The molecule has 6 rings (SSSR count). The highest BCUT2D eigenvalue weighted by atomic mass is 19.1. The number of hydrogen-bond donors (Lipinski definition) is 2. The second-order valence-electron chi connectivity index (χ2n) is 9.65. The molecule has 0 unspecified atom stereocenters. The summed E-state index contributed by atoms with van der Waals surface area (Å²) in [6.07, 6.45) is 8.23. The molecule has 3 aromatic rings. The largest absolute Gasteiger partial charge is 0.507 e. The maximum Gasteiger partial charge on any atom is 0.233 e. The number of aromatic nitrogens is 5. The van der Waals surface area contributed by atoms with Crippen molar-refractivity contribution in [3.8, 4) is 34.1 Å². The lowest BCUT2D eigenvalue weighted by Gasteiger charge is -2.47. The summed E-state index contributed by atoms with van der Waals surface area (Å²) in [7, 11) is 1.53. The molecule has 1 aliphatic carbocycles. The Morgan fingerprint density at radius 3 is 2.69 bits per heavy atom. The van der Waals surface area contributed by atoms with E-state index in [1.807, 2.05) is 6.07 Å². The number of alkyl halides is 1. The van der Waals surface area contributed by atoms with Gasteiger partial charge in [-0.15, -0.1) is 15.3 Å². The van der Waals surface area contributed by atoms with Crippen molar-refractivity contribution in [3.63, 3.8) is 0 Å². The number of rotatable bonds is 6. The smallest absolute Gasteiger partial charge is 0.233 e. The molecule has 3 aliphatic rings. The number of phenolic OH excluding ortho intramolecular Hbond substituents is 1. The first-order valence-electron chi connectivity index (χ1n) is 12.2. The lowest BCUT2D eigenvalue weighted by molar-refractivity contribution is 0.104. The molecule has 1 saturated carbocycles. The number of halogens is 1. The lowest BCUT2D eigenvalue weighted by Crippen LogP contribution is -2.62. The number of anilines is 1. The Kier molecular flexibility index (Phi) is 5.68. The quantitative estimate of drug-likeness (QED) is 0.553. The van der Waals surface area contributed by atoms with Crippen LogP contribution in [0.3, 0.4) is 0 Å². The van der Waals surface area contributed by atoms with E-state index >= 15 is 4.39 Å². The molecule has 0 radical (unpaired) electrons. The standard InChI is InChI=1S/C25H28FN7O2/c1-35-23-10-15(12-28-31-23)14-5-8-18(21(34)9-14)25-27-13-22(30-32-25)33(17-6-7-17)20-11-16-3-2-4-19(29-16)24(20)26/h5,8-10,12-13,16-17,19-20,24,29,34H,2-4,6-7,11H2,1H3/t16-,19+,20+,24-/m0/s1. The monoisotopic (exact) mass is 477 g/mol. The molecule has 3 fully saturated rings. The first kappa shape index (κ1) is 22.1. The summed E-state index contributed by atoms with van der Waals surface area (Å²) in [5.74, 6) is 1.34. The molecule has 4 heterocycles. The summed E-state index contributed by atoms with van der Waals surface area (Å²) in [5.41, 5.74) is 1.99. The summed E-state index contributed by atoms with van der Waals surface area (Å²) in [5, 5.41) is 30.7. The number of methoxy groups -OCH3 is 1. The second-order valence-corrected chi connectivity index (χ2v) is 9.65. The van der Waals surface area contributed by atoms with Gasteiger partial charge in [0, 0.05) is 29.8 Å². The van der Waals surface area contributed by atoms with Crippen LogP contribution in [-0.4, -0.2) is 67.9 Å². The van der Waals surface area contributed by atoms with Gasteiger partial charge >= 0.3 is 0 Å². The predicted octanol–water partition coefficient (Wildman–Crippen LogP) is 3.30. The number of nitrogens with one attached hydrogen (secondary N) is 1. The van der Waals surface area contributed by atoms with E-state index in [4.69, 9.17) is 4.74 Å². The first-order valence-corrected chi connectivity index (χ1v) is 12.2. The fourth-order valence-electron chi connectivity index (χ4n) is 5.44. The third kappa shape index (κ3) is 4.27. The third-order valence-electron chi connectivity index (χ3n) is 7.32. The molecule has 0 spiro atoms. The summed E-state index contributed by atoms with van der Waals surface area (Å²) in [4.78, 5) is 6.63. The molecule has 2 saturated heterocycles. The van der Waals surface area contributed by atoms with Crippen LogP contribution in [0.5, 0.6) is 11.6 Å². The van der Waals surface area contributed by atoms with E-state index in [2.05, 4.69) is 35.6 Å². The highest BCUT2D eigenvalue weighted by Gasteiger charge is 2.46. The zero-order valence-electron chi connectivity index (χ0n) is 19.5. The second kappa shape index (κ2) is 8.99. The Balaban J connectivity index is 1.25. The van der Waals surface area contributed by atoms with Crippen LogP contribution in [0.1, 0.15) is 38.5 Å². The Bertz CT molecular complexity index is 1210. The van der Waals surface area contributed by atoms with Gasteiger partial charge < -0.3 is 20.1 Å². The van der Waals surface area contributed by atoms with Gasteiger partial charge in [0.05, 0.1) is 31.1 Å². The van der Waals surface area contributed by atoms with Crippen molar-refractivity contribution in [1.82, 2.24) is 30.7 Å². The van der Waals surface area contributed by atoms with Gasteiger partial charge in [-0.25, -0.2) is 9.37 Å². The average Bonchev–Trinajstić information content (AvgIpc) is 3.73. The maximum absolute atomic E-state index is 15.4. The molecular formula is C25H28FN7O2. The minimum Gasteiger partial charge on any atom is -0.507 e. The molecule has 0 amide bonds. The van der Waals surface area contributed by atoms with Gasteiger partial charge in [0.1, 0.15) is 11.9 Å². The molecule has 2 aromatic heterocycles. The number of aromatic hydroxyl groups is 1. The molecule has 35 heavy (non-hydrogen) atoms. The number of phenols is 1. The van der Waals surface area contributed by atoms with Crippen LogP contribution in [-0.2, 0) is 0 Å². The lowest BCUT2D eigenvalue weighted by atomic mass is 9.82. The molecule has 1 aromatic carbocycles. The number of benzene rings is 1. The van der Waals surface area contributed by atoms with E-state index in [0.717, 1.165) is 49.7 Å². The molecule has 4 atom stereocenters. The minimum absolute atomic E-state index is 0.0295. The fourth-order valence-corrected chi connectivity index (χ4v) is 5.44. The minimum atomic E-state index is -0.938. The third-order valence-corrected chi connectivity index (χ3v) is 7.32. The van der Waals surface area contributed by atoms with Crippen LogP contribution in [0.15, 0.2) is 36.7 Å². The summed E-state index contributed by atoms with van der Waals surface area (Å²) in [6, 6.07) is 7.32. The van der Waals surface area contributed by atoms with Crippen molar-refractivity contribution in [1.29, 1.82) is 0 Å². The van der Waals surface area contributed by atoms with Crippen LogP contribution >= 0.6 is 0 Å². The molecule has 182 valence electrons. The van der Waals surface area contributed by atoms with Gasteiger partial charge in [-0.05, 0) is 49.8 Å². The zero-order valence-corrected chi connectivity index (χ0v) is 19.5. The van der Waals surface area contributed by atoms with Crippen molar-refractivity contribution in [2.75, 3.05) is 12.0 Å². The van der Waals surface area contributed by atoms with E-state index in [-0.39, 0.29) is 23.9 Å². The SMILES string of the molecule is COc1cc(-c2ccc(-c3ncc(N(C4CC4)[C@@H]4C[C@@H]5CCC[C@@H](N5)[C@@H]4F)nn3)c(O)c2)cnn1. The van der Waals surface area contributed by atoms with E-state index in [0.29, 0.717) is 29.1 Å². The van der Waals surface area contributed by atoms with Crippen LogP contribution < -0.4 is 15.0 Å². The molecule has 2 aliphatic heterocycles. The Hall–Kier alpha value is -3.40. The van der Waals surface area contributed by atoms with Crippen molar-refractivity contribution >= 4 is 5.82 Å². The van der Waals surface area contributed by atoms with Crippen molar-refractivity contribution in [3.05, 3.63) is 36.7 Å². The molecule has 10 heteroatoms. The molecule has 2 N–H and O–H groups in total. The van der Waals surface area contributed by atoms with E-state index in [1.165, 1.54) is 7.11 Å². The number of hydrogen-bond acceptors (Lipinski definition) is 9. The van der Waals surface area contributed by atoms with Gasteiger partial charge in [-0.3, -0.25) is 0 Å². The number of piperidine rings is 2. The highest BCUT2D eigenvalue weighted by Crippen LogP contribution is 2.39. The van der Waals surface area contributed by atoms with Gasteiger partial charge in [-0.1, -0.05) is 12.5 Å². The molecule has 9 nitrogen and oxygen atoms in total. The van der Waals surface area contributed by atoms with Gasteiger partial charge in [-0.2, -0.15) is 5.10 Å². The van der Waals surface area contributed by atoms with Crippen LogP contribution in [0, 0.1) is 0 Å². The van der Waals surface area contributed by atoms with Crippen LogP contribution in [0.4, 0.5) is 10.2 Å². The topological polar surface area (TPSA) is 109 Å². The average molecular weight is 478 g/mol. The van der Waals surface area contributed by atoms with Crippen LogP contribution in [0.2, 0.25) is 0 Å². The Labute approximate surface area is 202 Å². The highest BCUT2D eigenvalue weighted by molar-refractivity contribution is 5.72. The van der Waals surface area contributed by atoms with E-state index < -0.39 is 6.17 Å². The van der Waals surface area contributed by atoms with Gasteiger partial charge in [0.15, 0.2) is 11.6 Å². The summed E-state index contributed by atoms with van der Waals surface area (Å²) < 4.78 is 20.6. The zero-order chi connectivity index (χ0) is 23.9. The van der Waals surface area contributed by atoms with Gasteiger partial charge in [0.25, 0.3) is 0 Å². The normalized spacial score (nSPS) is 25.8. The summed E-state index contributed by atoms with van der Waals surface area (Å²) in [6.45, 7) is 0. The van der Waals surface area contributed by atoms with Gasteiger partial charge in [0.2, 0.25) is 5.88 Å². The maximum atomic E-state index is 15.4. The Morgan fingerprint density at radius 1 is 1.06 bits per heavy atom. The van der Waals surface area contributed by atoms with Crippen molar-refractivity contribution in [2.45, 2.75) is 68.9 Å². The number of nitrogens with zero attached hydrogens (tertiary/aromatic N) is 6. The summed E-state index contributed by atoms with van der Waals surface area (Å²) >= 11 is 0. The molecular weight excluding hydrogens is 449 g/mol. The van der Waals surface area contributed by atoms with Crippen molar-refractivity contribution < 1.29 is 14.2 Å². The van der Waals surface area contributed by atoms with E-state index in [1.54, 1.807) is 30.6 Å². The van der Waals surface area contributed by atoms with Crippen molar-refractivity contribution in [2.24, 2.45) is 0 Å². The van der Waals surface area contributed by atoms with Crippen LogP contribution in [0.25, 0.3) is 22.5 Å². The first-order chi connectivity index (χ1) is 17.1. The molecule has 2 bridgehead atoms. The predicted molar refractivity (Wildman–Crippen MR) is 128 cm³/mol. The van der Waals surface area contributed by atoms with E-state index in [9.17, 15) is 5.11 Å². The fraction of sp³-hybridized carbons (Fsp3) is 0.480. The number of ether oxygens (including phenoxy) is 1.